The molecule has 1 unspecified atom stereocenters. The van der Waals surface area contributed by atoms with E-state index >= 15 is 0 Å². The molecule has 1 fully saturated rings. The Morgan fingerprint density at radius 2 is 2.12 bits per heavy atom. The third kappa shape index (κ3) is 1.57. The van der Waals surface area contributed by atoms with Gasteiger partial charge in [-0.3, -0.25) is 0 Å². The molecule has 1 aromatic carbocycles. The number of fused-ring (bicyclic) bond motifs is 1. The maximum Gasteiger partial charge on any atom is 0.127 e. The minimum Gasteiger partial charge on any atom is -0.487 e. The topological polar surface area (TPSA) is 29.5 Å². The van der Waals surface area contributed by atoms with Crippen LogP contribution in [0.3, 0.4) is 0 Å². The number of benzene rings is 1. The molecular weight excluding hydrogens is 268 g/mol. The number of halogens is 1. The van der Waals surface area contributed by atoms with E-state index in [2.05, 4.69) is 22.9 Å². The van der Waals surface area contributed by atoms with E-state index in [1.54, 1.807) is 0 Å². The van der Waals surface area contributed by atoms with E-state index in [9.17, 15) is 5.11 Å². The predicted molar refractivity (Wildman–Crippen MR) is 65.5 cm³/mol. The lowest BCUT2D eigenvalue weighted by Crippen LogP contribution is -2.51. The quantitative estimate of drug-likeness (QED) is 0.790. The maximum atomic E-state index is 10.1. The fourth-order valence-electron chi connectivity index (χ4n) is 3.07. The molecule has 0 radical (unpaired) electrons. The lowest BCUT2D eigenvalue weighted by molar-refractivity contribution is -0.0925. The number of aliphatic hydroxyl groups is 1. The van der Waals surface area contributed by atoms with Gasteiger partial charge in [-0.2, -0.15) is 0 Å². The van der Waals surface area contributed by atoms with E-state index < -0.39 is 0 Å². The van der Waals surface area contributed by atoms with Crippen molar-refractivity contribution in [1.82, 2.24) is 0 Å². The Kier molecular flexibility index (Phi) is 2.30. The molecule has 3 heteroatoms. The van der Waals surface area contributed by atoms with Crippen LogP contribution in [0.15, 0.2) is 22.7 Å². The first-order chi connectivity index (χ1) is 7.58. The van der Waals surface area contributed by atoms with Crippen LogP contribution in [0.4, 0.5) is 0 Å². The van der Waals surface area contributed by atoms with Gasteiger partial charge in [0.05, 0.1) is 6.10 Å². The monoisotopic (exact) mass is 282 g/mol. The predicted octanol–water partition coefficient (Wildman–Crippen LogP) is 3.43. The van der Waals surface area contributed by atoms with Crippen LogP contribution in [-0.4, -0.2) is 10.7 Å². The van der Waals surface area contributed by atoms with Gasteiger partial charge in [-0.1, -0.05) is 28.9 Å². The Balaban J connectivity index is 1.95. The second-order valence-electron chi connectivity index (χ2n) is 5.20. The van der Waals surface area contributed by atoms with Crippen molar-refractivity contribution >= 4 is 15.9 Å². The van der Waals surface area contributed by atoms with Gasteiger partial charge in [-0.05, 0) is 30.9 Å². The molecule has 1 atom stereocenters. The Hall–Kier alpha value is -0.540. The van der Waals surface area contributed by atoms with Gasteiger partial charge >= 0.3 is 0 Å². The highest BCUT2D eigenvalue weighted by Gasteiger charge is 2.48. The van der Waals surface area contributed by atoms with Crippen LogP contribution in [0, 0.1) is 5.92 Å². The molecule has 1 aromatic rings. The molecule has 16 heavy (non-hydrogen) atoms. The van der Waals surface area contributed by atoms with Crippen molar-refractivity contribution in [2.24, 2.45) is 5.92 Å². The molecule has 0 saturated heterocycles. The van der Waals surface area contributed by atoms with Gasteiger partial charge < -0.3 is 9.84 Å². The highest BCUT2D eigenvalue weighted by Crippen LogP contribution is 2.51. The molecule has 1 heterocycles. The molecule has 0 aromatic heterocycles. The zero-order valence-electron chi connectivity index (χ0n) is 9.24. The van der Waals surface area contributed by atoms with Gasteiger partial charge in [-0.25, -0.2) is 0 Å². The van der Waals surface area contributed by atoms with E-state index in [4.69, 9.17) is 4.74 Å². The minimum atomic E-state index is -0.371. The molecule has 1 aliphatic heterocycles. The lowest BCUT2D eigenvalue weighted by atomic mass is 9.67. The van der Waals surface area contributed by atoms with Crippen molar-refractivity contribution in [2.45, 2.75) is 37.9 Å². The SMILES string of the molecule is CC1CC2(C1)CC(O)c1ccc(Br)cc1O2. The van der Waals surface area contributed by atoms with Gasteiger partial charge in [-0.15, -0.1) is 0 Å². The third-order valence-electron chi connectivity index (χ3n) is 3.67. The van der Waals surface area contributed by atoms with Crippen LogP contribution < -0.4 is 4.74 Å². The minimum absolute atomic E-state index is 0.0906. The molecule has 1 saturated carbocycles. The molecular formula is C13H15BrO2. The Morgan fingerprint density at radius 3 is 2.81 bits per heavy atom. The van der Waals surface area contributed by atoms with E-state index in [1.807, 2.05) is 18.2 Å². The van der Waals surface area contributed by atoms with Crippen molar-refractivity contribution < 1.29 is 9.84 Å². The molecule has 0 bridgehead atoms. The summed E-state index contributed by atoms with van der Waals surface area (Å²) in [7, 11) is 0. The maximum absolute atomic E-state index is 10.1. The van der Waals surface area contributed by atoms with E-state index in [0.29, 0.717) is 0 Å². The second kappa shape index (κ2) is 3.47. The summed E-state index contributed by atoms with van der Waals surface area (Å²) in [5, 5.41) is 10.1. The first-order valence-electron chi connectivity index (χ1n) is 5.74. The van der Waals surface area contributed by atoms with Crippen LogP contribution in [-0.2, 0) is 0 Å². The van der Waals surface area contributed by atoms with Gasteiger partial charge in [0.2, 0.25) is 0 Å². The average molecular weight is 283 g/mol. The highest BCUT2D eigenvalue weighted by molar-refractivity contribution is 9.10. The van der Waals surface area contributed by atoms with Gasteiger partial charge in [0.15, 0.2) is 0 Å². The Morgan fingerprint density at radius 1 is 1.38 bits per heavy atom. The molecule has 1 spiro atoms. The largest absolute Gasteiger partial charge is 0.487 e. The summed E-state index contributed by atoms with van der Waals surface area (Å²) in [5.74, 6) is 1.57. The van der Waals surface area contributed by atoms with E-state index in [-0.39, 0.29) is 11.7 Å². The summed E-state index contributed by atoms with van der Waals surface area (Å²) in [6.45, 7) is 2.23. The number of hydrogen-bond donors (Lipinski definition) is 1. The number of aliphatic hydroxyl groups excluding tert-OH is 1. The first-order valence-corrected chi connectivity index (χ1v) is 6.54. The fraction of sp³-hybridized carbons (Fsp3) is 0.538. The first kappa shape index (κ1) is 10.6. The molecule has 86 valence electrons. The number of rotatable bonds is 0. The van der Waals surface area contributed by atoms with Crippen molar-refractivity contribution in [3.05, 3.63) is 28.2 Å². The molecule has 0 amide bonds. The second-order valence-corrected chi connectivity index (χ2v) is 6.12. The molecule has 1 N–H and O–H groups in total. The highest BCUT2D eigenvalue weighted by atomic mass is 79.9. The Labute approximate surface area is 104 Å². The van der Waals surface area contributed by atoms with Gasteiger partial charge in [0.25, 0.3) is 0 Å². The summed E-state index contributed by atoms with van der Waals surface area (Å²) in [4.78, 5) is 0. The van der Waals surface area contributed by atoms with Crippen LogP contribution in [0.25, 0.3) is 0 Å². The van der Waals surface area contributed by atoms with Gasteiger partial charge in [0.1, 0.15) is 11.4 Å². The summed E-state index contributed by atoms with van der Waals surface area (Å²) in [6, 6.07) is 5.86. The number of ether oxygens (including phenoxy) is 1. The third-order valence-corrected chi connectivity index (χ3v) is 4.16. The van der Waals surface area contributed by atoms with Crippen LogP contribution in [0.1, 0.15) is 37.9 Å². The molecule has 3 rings (SSSR count). The van der Waals surface area contributed by atoms with Crippen molar-refractivity contribution in [1.29, 1.82) is 0 Å². The summed E-state index contributed by atoms with van der Waals surface area (Å²) in [6.07, 6.45) is 2.50. The molecule has 2 aliphatic rings. The van der Waals surface area contributed by atoms with E-state index in [0.717, 1.165) is 41.0 Å². The summed E-state index contributed by atoms with van der Waals surface area (Å²) >= 11 is 3.44. The molecule has 2 nitrogen and oxygen atoms in total. The zero-order valence-corrected chi connectivity index (χ0v) is 10.8. The van der Waals surface area contributed by atoms with Crippen LogP contribution >= 0.6 is 15.9 Å². The van der Waals surface area contributed by atoms with Crippen LogP contribution in [0.2, 0.25) is 0 Å². The smallest absolute Gasteiger partial charge is 0.127 e. The van der Waals surface area contributed by atoms with Crippen molar-refractivity contribution in [3.63, 3.8) is 0 Å². The van der Waals surface area contributed by atoms with Crippen molar-refractivity contribution in [2.75, 3.05) is 0 Å². The Bertz CT molecular complexity index is 424. The summed E-state index contributed by atoms with van der Waals surface area (Å²) < 4.78 is 7.09. The van der Waals surface area contributed by atoms with Gasteiger partial charge in [0, 0.05) is 16.5 Å². The van der Waals surface area contributed by atoms with Crippen LogP contribution in [0.5, 0.6) is 5.75 Å². The van der Waals surface area contributed by atoms with E-state index in [1.165, 1.54) is 0 Å². The standard InChI is InChI=1S/C13H15BrO2/c1-8-5-13(6-8)7-11(15)10-3-2-9(14)4-12(10)16-13/h2-4,8,11,15H,5-7H2,1H3. The number of hydrogen-bond acceptors (Lipinski definition) is 2. The van der Waals surface area contributed by atoms with Crippen molar-refractivity contribution in [3.8, 4) is 5.75 Å². The molecule has 1 aliphatic carbocycles. The lowest BCUT2D eigenvalue weighted by Gasteiger charge is -2.50. The normalized spacial score (nSPS) is 36.4. The average Bonchev–Trinajstić information content (AvgIpc) is 2.14. The fourth-order valence-corrected chi connectivity index (χ4v) is 3.41. The summed E-state index contributed by atoms with van der Waals surface area (Å²) in [5.41, 5.74) is 0.834. The zero-order chi connectivity index (χ0) is 11.3.